The minimum absolute atomic E-state index is 0.193. The molecule has 3 aromatic rings. The van der Waals surface area contributed by atoms with Crippen molar-refractivity contribution in [3.8, 4) is 0 Å². The number of carbonyl (C=O) groups is 1. The molecule has 1 amide bonds. The Morgan fingerprint density at radius 1 is 1.17 bits per heavy atom. The standard InChI is InChI=1S/C18H15N3O2/c22-17-13-6-2-1-5-12(13)11-15(20-17)18(23)21-10-4-7-14-16(21)8-3-9-19-14/h1-3,5-6,8-9,11H,4,7,10H2,(H,20,22). The van der Waals surface area contributed by atoms with Crippen LogP contribution in [0.3, 0.4) is 0 Å². The molecule has 1 aliphatic heterocycles. The Balaban J connectivity index is 1.80. The summed E-state index contributed by atoms with van der Waals surface area (Å²) in [6.07, 6.45) is 3.48. The Morgan fingerprint density at radius 3 is 2.96 bits per heavy atom. The van der Waals surface area contributed by atoms with Gasteiger partial charge in [0.15, 0.2) is 0 Å². The Labute approximate surface area is 132 Å². The summed E-state index contributed by atoms with van der Waals surface area (Å²) in [5.41, 5.74) is 1.83. The van der Waals surface area contributed by atoms with Crippen LogP contribution in [0, 0.1) is 0 Å². The van der Waals surface area contributed by atoms with E-state index in [9.17, 15) is 9.59 Å². The first-order valence-electron chi connectivity index (χ1n) is 7.62. The molecule has 0 bridgehead atoms. The third-order valence-corrected chi connectivity index (χ3v) is 4.18. The highest BCUT2D eigenvalue weighted by atomic mass is 16.2. The number of nitrogens with zero attached hydrogens (tertiary/aromatic N) is 2. The molecular formula is C18H15N3O2. The fraction of sp³-hybridized carbons (Fsp3) is 0.167. The lowest BCUT2D eigenvalue weighted by Crippen LogP contribution is -2.37. The quantitative estimate of drug-likeness (QED) is 0.751. The number of aromatic amines is 1. The molecule has 0 radical (unpaired) electrons. The number of rotatable bonds is 1. The van der Waals surface area contributed by atoms with E-state index >= 15 is 0 Å². The van der Waals surface area contributed by atoms with Crippen LogP contribution >= 0.6 is 0 Å². The van der Waals surface area contributed by atoms with E-state index in [2.05, 4.69) is 9.97 Å². The molecule has 0 aliphatic carbocycles. The molecule has 0 saturated carbocycles. The number of benzene rings is 1. The summed E-state index contributed by atoms with van der Waals surface area (Å²) in [5.74, 6) is -0.193. The number of H-pyrrole nitrogens is 1. The lowest BCUT2D eigenvalue weighted by molar-refractivity contribution is 0.0980. The van der Waals surface area contributed by atoms with Crippen LogP contribution in [0.1, 0.15) is 22.6 Å². The zero-order chi connectivity index (χ0) is 15.8. The van der Waals surface area contributed by atoms with Crippen molar-refractivity contribution >= 4 is 22.4 Å². The lowest BCUT2D eigenvalue weighted by atomic mass is 10.1. The first-order chi connectivity index (χ1) is 11.2. The summed E-state index contributed by atoms with van der Waals surface area (Å²) in [4.78, 5) is 33.8. The SMILES string of the molecule is O=C(c1cc2ccccc2c(=O)[nH]1)N1CCCc2ncccc21. The molecule has 0 atom stereocenters. The molecule has 23 heavy (non-hydrogen) atoms. The van der Waals surface area contributed by atoms with Crippen molar-refractivity contribution < 1.29 is 4.79 Å². The number of nitrogens with one attached hydrogen (secondary N) is 1. The van der Waals surface area contributed by atoms with Gasteiger partial charge in [0, 0.05) is 18.1 Å². The molecule has 114 valence electrons. The summed E-state index contributed by atoms with van der Waals surface area (Å²) >= 11 is 0. The van der Waals surface area contributed by atoms with Gasteiger partial charge in [-0.1, -0.05) is 18.2 Å². The van der Waals surface area contributed by atoms with Gasteiger partial charge in [0.2, 0.25) is 0 Å². The minimum Gasteiger partial charge on any atom is -0.317 e. The first-order valence-corrected chi connectivity index (χ1v) is 7.62. The van der Waals surface area contributed by atoms with Gasteiger partial charge in [-0.15, -0.1) is 0 Å². The highest BCUT2D eigenvalue weighted by Gasteiger charge is 2.25. The monoisotopic (exact) mass is 305 g/mol. The van der Waals surface area contributed by atoms with E-state index < -0.39 is 0 Å². The molecule has 1 aliphatic rings. The highest BCUT2D eigenvalue weighted by Crippen LogP contribution is 2.26. The Hall–Kier alpha value is -2.95. The van der Waals surface area contributed by atoms with Gasteiger partial charge in [-0.2, -0.15) is 0 Å². The van der Waals surface area contributed by atoms with E-state index in [4.69, 9.17) is 0 Å². The predicted molar refractivity (Wildman–Crippen MR) is 88.8 cm³/mol. The molecule has 1 N–H and O–H groups in total. The first kappa shape index (κ1) is 13.7. The Kier molecular flexibility index (Phi) is 3.19. The summed E-state index contributed by atoms with van der Waals surface area (Å²) in [5, 5.41) is 1.35. The van der Waals surface area contributed by atoms with E-state index in [1.54, 1.807) is 23.2 Å². The fourth-order valence-electron chi connectivity index (χ4n) is 3.08. The van der Waals surface area contributed by atoms with Crippen LogP contribution in [0.25, 0.3) is 10.8 Å². The summed E-state index contributed by atoms with van der Waals surface area (Å²) < 4.78 is 0. The molecule has 3 heterocycles. The molecule has 5 heteroatoms. The number of pyridine rings is 2. The van der Waals surface area contributed by atoms with Gasteiger partial charge in [0.25, 0.3) is 11.5 Å². The van der Waals surface area contributed by atoms with Crippen LogP contribution in [0.5, 0.6) is 0 Å². The van der Waals surface area contributed by atoms with Crippen LogP contribution in [-0.2, 0) is 6.42 Å². The molecule has 1 aromatic carbocycles. The number of carbonyl (C=O) groups excluding carboxylic acids is 1. The number of anilines is 1. The van der Waals surface area contributed by atoms with Crippen LogP contribution in [0.4, 0.5) is 5.69 Å². The third kappa shape index (κ3) is 2.30. The second-order valence-electron chi connectivity index (χ2n) is 5.63. The number of aromatic nitrogens is 2. The average molecular weight is 305 g/mol. The van der Waals surface area contributed by atoms with Crippen molar-refractivity contribution in [3.63, 3.8) is 0 Å². The van der Waals surface area contributed by atoms with E-state index in [-0.39, 0.29) is 11.5 Å². The van der Waals surface area contributed by atoms with Crippen molar-refractivity contribution in [2.24, 2.45) is 0 Å². The number of amides is 1. The topological polar surface area (TPSA) is 66.1 Å². The molecule has 0 unspecified atom stereocenters. The maximum absolute atomic E-state index is 12.9. The van der Waals surface area contributed by atoms with Gasteiger partial charge in [0.1, 0.15) is 5.69 Å². The maximum Gasteiger partial charge on any atom is 0.274 e. The van der Waals surface area contributed by atoms with E-state index in [0.29, 0.717) is 17.6 Å². The molecule has 5 nitrogen and oxygen atoms in total. The van der Waals surface area contributed by atoms with Gasteiger partial charge in [-0.05, 0) is 42.5 Å². The molecule has 0 saturated heterocycles. The lowest BCUT2D eigenvalue weighted by Gasteiger charge is -2.28. The van der Waals surface area contributed by atoms with Crippen molar-refractivity contribution in [2.75, 3.05) is 11.4 Å². The van der Waals surface area contributed by atoms with E-state index in [0.717, 1.165) is 29.6 Å². The van der Waals surface area contributed by atoms with Crippen molar-refractivity contribution in [3.05, 3.63) is 70.4 Å². The Bertz CT molecular complexity index is 962. The van der Waals surface area contributed by atoms with Crippen LogP contribution < -0.4 is 10.5 Å². The fourth-order valence-corrected chi connectivity index (χ4v) is 3.08. The van der Waals surface area contributed by atoms with E-state index in [1.165, 1.54) is 0 Å². The van der Waals surface area contributed by atoms with Crippen LogP contribution in [0.2, 0.25) is 0 Å². The molecule has 2 aromatic heterocycles. The van der Waals surface area contributed by atoms with Gasteiger partial charge < -0.3 is 9.88 Å². The molecule has 0 spiro atoms. The molecular weight excluding hydrogens is 290 g/mol. The number of fused-ring (bicyclic) bond motifs is 2. The third-order valence-electron chi connectivity index (χ3n) is 4.18. The zero-order valence-electron chi connectivity index (χ0n) is 12.5. The summed E-state index contributed by atoms with van der Waals surface area (Å²) in [6.45, 7) is 0.631. The van der Waals surface area contributed by atoms with Crippen molar-refractivity contribution in [2.45, 2.75) is 12.8 Å². The normalized spacial score (nSPS) is 13.8. The van der Waals surface area contributed by atoms with Crippen molar-refractivity contribution in [1.82, 2.24) is 9.97 Å². The summed E-state index contributed by atoms with van der Waals surface area (Å²) in [7, 11) is 0. The second kappa shape index (κ2) is 5.35. The van der Waals surface area contributed by atoms with Gasteiger partial charge in [0.05, 0.1) is 11.4 Å². The number of hydrogen-bond acceptors (Lipinski definition) is 3. The average Bonchev–Trinajstić information content (AvgIpc) is 2.60. The second-order valence-corrected chi connectivity index (χ2v) is 5.63. The predicted octanol–water partition coefficient (Wildman–Crippen LogP) is 2.52. The van der Waals surface area contributed by atoms with Crippen LogP contribution in [-0.4, -0.2) is 22.4 Å². The molecule has 4 rings (SSSR count). The maximum atomic E-state index is 12.9. The zero-order valence-corrected chi connectivity index (χ0v) is 12.5. The number of hydrogen-bond donors (Lipinski definition) is 1. The van der Waals surface area contributed by atoms with Crippen molar-refractivity contribution in [1.29, 1.82) is 0 Å². The minimum atomic E-state index is -0.241. The van der Waals surface area contributed by atoms with Gasteiger partial charge >= 0.3 is 0 Å². The highest BCUT2D eigenvalue weighted by molar-refractivity contribution is 6.06. The smallest absolute Gasteiger partial charge is 0.274 e. The number of aryl methyl sites for hydroxylation is 1. The van der Waals surface area contributed by atoms with Gasteiger partial charge in [-0.25, -0.2) is 0 Å². The summed E-state index contributed by atoms with van der Waals surface area (Å²) in [6, 6.07) is 12.7. The van der Waals surface area contributed by atoms with Crippen LogP contribution in [0.15, 0.2) is 53.5 Å². The van der Waals surface area contributed by atoms with E-state index in [1.807, 2.05) is 30.3 Å². The Morgan fingerprint density at radius 2 is 2.04 bits per heavy atom. The van der Waals surface area contributed by atoms with Gasteiger partial charge in [-0.3, -0.25) is 14.6 Å². The largest absolute Gasteiger partial charge is 0.317 e. The molecule has 0 fully saturated rings.